The SMILES string of the molecule is CCOC(=O)N1CCC(N[C@@H]2CCC(=O)N(Cc3ccc(OC)cc3)CC2)CC1. The number of carbonyl (C=O) groups is 2. The van der Waals surface area contributed by atoms with Crippen LogP contribution in [0.2, 0.25) is 0 Å². The number of nitrogens with zero attached hydrogens (tertiary/aromatic N) is 2. The number of ether oxygens (including phenoxy) is 2. The molecule has 0 unspecified atom stereocenters. The lowest BCUT2D eigenvalue weighted by Gasteiger charge is -2.33. The van der Waals surface area contributed by atoms with Crippen LogP contribution in [0.3, 0.4) is 0 Å². The molecule has 2 amide bonds. The smallest absolute Gasteiger partial charge is 0.409 e. The van der Waals surface area contributed by atoms with Gasteiger partial charge in [-0.2, -0.15) is 0 Å². The molecule has 1 aromatic rings. The van der Waals surface area contributed by atoms with Gasteiger partial charge in [-0.25, -0.2) is 4.79 Å². The molecule has 0 spiro atoms. The number of benzene rings is 1. The van der Waals surface area contributed by atoms with Crippen molar-refractivity contribution in [2.75, 3.05) is 33.4 Å². The Morgan fingerprint density at radius 2 is 1.72 bits per heavy atom. The van der Waals surface area contributed by atoms with Gasteiger partial charge in [-0.15, -0.1) is 0 Å². The minimum Gasteiger partial charge on any atom is -0.497 e. The van der Waals surface area contributed by atoms with Crippen LogP contribution in [-0.2, 0) is 16.1 Å². The fourth-order valence-electron chi connectivity index (χ4n) is 4.10. The molecule has 1 aromatic carbocycles. The molecule has 29 heavy (non-hydrogen) atoms. The second-order valence-corrected chi connectivity index (χ2v) is 7.81. The summed E-state index contributed by atoms with van der Waals surface area (Å²) in [6, 6.07) is 8.65. The first-order valence-electron chi connectivity index (χ1n) is 10.7. The molecule has 2 saturated heterocycles. The molecule has 2 aliphatic rings. The first-order valence-corrected chi connectivity index (χ1v) is 10.7. The number of hydrogen-bond donors (Lipinski definition) is 1. The van der Waals surface area contributed by atoms with Crippen molar-refractivity contribution in [2.24, 2.45) is 0 Å². The minimum atomic E-state index is -0.208. The van der Waals surface area contributed by atoms with E-state index >= 15 is 0 Å². The lowest BCUT2D eigenvalue weighted by Crippen LogP contribution is -2.48. The van der Waals surface area contributed by atoms with Crippen molar-refractivity contribution in [3.05, 3.63) is 29.8 Å². The number of likely N-dealkylation sites (tertiary alicyclic amines) is 2. The molecule has 0 bridgehead atoms. The molecule has 0 saturated carbocycles. The molecule has 1 atom stereocenters. The number of amides is 2. The van der Waals surface area contributed by atoms with E-state index in [1.807, 2.05) is 36.1 Å². The van der Waals surface area contributed by atoms with Crippen LogP contribution in [0, 0.1) is 0 Å². The Kier molecular flexibility index (Phi) is 7.75. The van der Waals surface area contributed by atoms with E-state index in [0.717, 1.165) is 56.6 Å². The maximum Gasteiger partial charge on any atom is 0.409 e. The van der Waals surface area contributed by atoms with E-state index in [4.69, 9.17) is 9.47 Å². The highest BCUT2D eigenvalue weighted by molar-refractivity contribution is 5.76. The van der Waals surface area contributed by atoms with Gasteiger partial charge in [0, 0.05) is 44.7 Å². The van der Waals surface area contributed by atoms with Crippen molar-refractivity contribution in [2.45, 2.75) is 57.7 Å². The van der Waals surface area contributed by atoms with Crippen molar-refractivity contribution in [3.63, 3.8) is 0 Å². The number of hydrogen-bond acceptors (Lipinski definition) is 5. The number of piperidine rings is 1. The molecular formula is C22H33N3O4. The van der Waals surface area contributed by atoms with Crippen molar-refractivity contribution in [1.82, 2.24) is 15.1 Å². The zero-order valence-corrected chi connectivity index (χ0v) is 17.6. The summed E-state index contributed by atoms with van der Waals surface area (Å²) < 4.78 is 10.3. The monoisotopic (exact) mass is 403 g/mol. The lowest BCUT2D eigenvalue weighted by atomic mass is 10.0. The molecule has 2 aliphatic heterocycles. The second-order valence-electron chi connectivity index (χ2n) is 7.81. The highest BCUT2D eigenvalue weighted by Gasteiger charge is 2.27. The van der Waals surface area contributed by atoms with E-state index in [1.165, 1.54) is 0 Å². The average Bonchev–Trinajstić information content (AvgIpc) is 2.91. The zero-order chi connectivity index (χ0) is 20.6. The largest absolute Gasteiger partial charge is 0.497 e. The first-order chi connectivity index (χ1) is 14.1. The van der Waals surface area contributed by atoms with Crippen LogP contribution in [-0.4, -0.2) is 67.2 Å². The Bertz CT molecular complexity index is 671. The maximum absolute atomic E-state index is 12.6. The summed E-state index contributed by atoms with van der Waals surface area (Å²) in [7, 11) is 1.65. The molecule has 2 fully saturated rings. The third kappa shape index (κ3) is 6.10. The van der Waals surface area contributed by atoms with E-state index in [-0.39, 0.29) is 12.0 Å². The normalized spacial score (nSPS) is 21.0. The predicted octanol–water partition coefficient (Wildman–Crippen LogP) is 2.79. The van der Waals surface area contributed by atoms with Crippen molar-refractivity contribution in [1.29, 1.82) is 0 Å². The van der Waals surface area contributed by atoms with Crippen LogP contribution in [0.1, 0.15) is 44.6 Å². The Balaban J connectivity index is 1.45. The number of carbonyl (C=O) groups excluding carboxylic acids is 2. The standard InChI is InChI=1S/C22H33N3O4/c1-3-29-22(27)24-13-10-19(11-14-24)23-18-6-9-21(26)25(15-12-18)16-17-4-7-20(28-2)8-5-17/h4-5,7-8,18-19,23H,3,6,9-16H2,1-2H3/t18-/m1/s1. The van der Waals surface area contributed by atoms with Crippen molar-refractivity contribution in [3.8, 4) is 5.75 Å². The van der Waals surface area contributed by atoms with E-state index < -0.39 is 0 Å². The van der Waals surface area contributed by atoms with E-state index in [1.54, 1.807) is 12.0 Å². The maximum atomic E-state index is 12.6. The molecule has 0 aromatic heterocycles. The number of rotatable bonds is 6. The van der Waals surface area contributed by atoms with Gasteiger partial charge in [0.1, 0.15) is 5.75 Å². The van der Waals surface area contributed by atoms with Crippen LogP contribution in [0.4, 0.5) is 4.79 Å². The van der Waals surface area contributed by atoms with Gasteiger partial charge in [0.25, 0.3) is 0 Å². The third-order valence-corrected chi connectivity index (χ3v) is 5.83. The van der Waals surface area contributed by atoms with Crippen molar-refractivity contribution >= 4 is 12.0 Å². The molecule has 7 heteroatoms. The lowest BCUT2D eigenvalue weighted by molar-refractivity contribution is -0.131. The topological polar surface area (TPSA) is 71.1 Å². The second kappa shape index (κ2) is 10.5. The number of nitrogens with one attached hydrogen (secondary N) is 1. The Hall–Kier alpha value is -2.28. The summed E-state index contributed by atoms with van der Waals surface area (Å²) >= 11 is 0. The summed E-state index contributed by atoms with van der Waals surface area (Å²) in [6.07, 6.45) is 4.06. The predicted molar refractivity (Wildman–Crippen MR) is 111 cm³/mol. The molecule has 0 radical (unpaired) electrons. The van der Waals surface area contributed by atoms with Gasteiger partial charge < -0.3 is 24.6 Å². The highest BCUT2D eigenvalue weighted by Crippen LogP contribution is 2.19. The molecule has 7 nitrogen and oxygen atoms in total. The van der Waals surface area contributed by atoms with Crippen LogP contribution in [0.5, 0.6) is 5.75 Å². The van der Waals surface area contributed by atoms with Crippen LogP contribution < -0.4 is 10.1 Å². The first kappa shape index (κ1) is 21.4. The Morgan fingerprint density at radius 1 is 1.07 bits per heavy atom. The van der Waals surface area contributed by atoms with Gasteiger partial charge in [-0.3, -0.25) is 4.79 Å². The van der Waals surface area contributed by atoms with Gasteiger partial charge in [0.15, 0.2) is 0 Å². The van der Waals surface area contributed by atoms with E-state index in [2.05, 4.69) is 5.32 Å². The fourth-order valence-corrected chi connectivity index (χ4v) is 4.10. The summed E-state index contributed by atoms with van der Waals surface area (Å²) in [5.74, 6) is 1.05. The Morgan fingerprint density at radius 3 is 2.38 bits per heavy atom. The van der Waals surface area contributed by atoms with Gasteiger partial charge >= 0.3 is 6.09 Å². The summed E-state index contributed by atoms with van der Waals surface area (Å²) in [4.78, 5) is 28.2. The summed E-state index contributed by atoms with van der Waals surface area (Å²) in [5, 5.41) is 3.74. The zero-order valence-electron chi connectivity index (χ0n) is 17.6. The molecule has 2 heterocycles. The van der Waals surface area contributed by atoms with Gasteiger partial charge in [-0.05, 0) is 50.3 Å². The third-order valence-electron chi connectivity index (χ3n) is 5.83. The molecule has 160 valence electrons. The van der Waals surface area contributed by atoms with Crippen LogP contribution in [0.15, 0.2) is 24.3 Å². The van der Waals surface area contributed by atoms with E-state index in [9.17, 15) is 9.59 Å². The summed E-state index contributed by atoms with van der Waals surface area (Å²) in [5.41, 5.74) is 1.12. The van der Waals surface area contributed by atoms with Gasteiger partial charge in [-0.1, -0.05) is 12.1 Å². The fraction of sp³-hybridized carbons (Fsp3) is 0.636. The molecular weight excluding hydrogens is 370 g/mol. The molecule has 0 aliphatic carbocycles. The summed E-state index contributed by atoms with van der Waals surface area (Å²) in [6.45, 7) is 5.12. The Labute approximate surface area is 173 Å². The van der Waals surface area contributed by atoms with Gasteiger partial charge in [0.05, 0.1) is 13.7 Å². The quantitative estimate of drug-likeness (QED) is 0.791. The molecule has 3 rings (SSSR count). The average molecular weight is 404 g/mol. The van der Waals surface area contributed by atoms with Crippen LogP contribution in [0.25, 0.3) is 0 Å². The van der Waals surface area contributed by atoms with Crippen LogP contribution >= 0.6 is 0 Å². The minimum absolute atomic E-state index is 0.208. The number of methoxy groups -OCH3 is 1. The highest BCUT2D eigenvalue weighted by atomic mass is 16.6. The van der Waals surface area contributed by atoms with E-state index in [0.29, 0.717) is 31.7 Å². The molecule has 1 N–H and O–H groups in total. The van der Waals surface area contributed by atoms with Gasteiger partial charge in [0.2, 0.25) is 5.91 Å². The van der Waals surface area contributed by atoms with Crippen molar-refractivity contribution < 1.29 is 19.1 Å².